The third-order valence-corrected chi connectivity index (χ3v) is 4.42. The summed E-state index contributed by atoms with van der Waals surface area (Å²) >= 11 is 0. The lowest BCUT2D eigenvalue weighted by atomic mass is 10.2. The molecule has 0 saturated carbocycles. The molecule has 2 aromatic rings. The number of anilines is 1. The summed E-state index contributed by atoms with van der Waals surface area (Å²) in [5.41, 5.74) is 0.875. The first kappa shape index (κ1) is 19.8. The van der Waals surface area contributed by atoms with E-state index in [9.17, 15) is 14.0 Å². The van der Waals surface area contributed by atoms with Crippen LogP contribution in [-0.4, -0.2) is 65.9 Å². The number of rotatable bonds is 6. The van der Waals surface area contributed by atoms with E-state index in [-0.39, 0.29) is 18.4 Å². The number of piperazine rings is 1. The number of ether oxygens (including phenoxy) is 1. The molecular weight excluding hydrogens is 363 g/mol. The largest absolute Gasteiger partial charge is 0.477 e. The van der Waals surface area contributed by atoms with Gasteiger partial charge in [0, 0.05) is 38.1 Å². The van der Waals surface area contributed by atoms with E-state index in [2.05, 4.69) is 10.3 Å². The van der Waals surface area contributed by atoms with Crippen LogP contribution < -0.4 is 10.1 Å². The van der Waals surface area contributed by atoms with E-state index in [4.69, 9.17) is 4.74 Å². The molecule has 28 heavy (non-hydrogen) atoms. The summed E-state index contributed by atoms with van der Waals surface area (Å²) in [4.78, 5) is 32.8. The van der Waals surface area contributed by atoms with Gasteiger partial charge in [-0.05, 0) is 37.3 Å². The fourth-order valence-corrected chi connectivity index (χ4v) is 3.05. The van der Waals surface area contributed by atoms with E-state index in [1.54, 1.807) is 35.4 Å². The molecule has 0 unspecified atom stereocenters. The average molecular weight is 386 g/mol. The number of aromatic nitrogens is 1. The molecule has 7 nitrogen and oxygen atoms in total. The Morgan fingerprint density at radius 1 is 1.18 bits per heavy atom. The summed E-state index contributed by atoms with van der Waals surface area (Å²) in [6.45, 7) is 4.63. The average Bonchev–Trinajstić information content (AvgIpc) is 2.69. The number of carbonyl (C=O) groups is 2. The standard InChI is InChI=1S/C20H23FN4O3/c1-2-28-19-17(7-4-8-22-19)20(27)25-11-9-24(10-12-25)14-18(26)23-16-6-3-5-15(21)13-16/h3-8,13H,2,9-12,14H2,1H3,(H,23,26). The highest BCUT2D eigenvalue weighted by molar-refractivity contribution is 5.96. The Labute approximate surface area is 163 Å². The van der Waals surface area contributed by atoms with Crippen LogP contribution in [-0.2, 0) is 4.79 Å². The second-order valence-electron chi connectivity index (χ2n) is 6.42. The van der Waals surface area contributed by atoms with Gasteiger partial charge in [-0.15, -0.1) is 0 Å². The molecule has 8 heteroatoms. The third kappa shape index (κ3) is 5.04. The highest BCUT2D eigenvalue weighted by atomic mass is 19.1. The van der Waals surface area contributed by atoms with Crippen LogP contribution in [0.5, 0.6) is 5.88 Å². The molecule has 0 spiro atoms. The van der Waals surface area contributed by atoms with Gasteiger partial charge in [-0.1, -0.05) is 6.07 Å². The molecule has 1 fully saturated rings. The maximum atomic E-state index is 13.2. The molecule has 1 aromatic carbocycles. The van der Waals surface area contributed by atoms with Crippen molar-refractivity contribution in [1.82, 2.24) is 14.8 Å². The van der Waals surface area contributed by atoms with E-state index >= 15 is 0 Å². The quantitative estimate of drug-likeness (QED) is 0.822. The van der Waals surface area contributed by atoms with E-state index in [0.717, 1.165) is 0 Å². The van der Waals surface area contributed by atoms with Crippen molar-refractivity contribution in [2.24, 2.45) is 0 Å². The maximum Gasteiger partial charge on any atom is 0.259 e. The van der Waals surface area contributed by atoms with Crippen LogP contribution in [0.25, 0.3) is 0 Å². The zero-order valence-electron chi connectivity index (χ0n) is 15.7. The molecule has 3 rings (SSSR count). The lowest BCUT2D eigenvalue weighted by Gasteiger charge is -2.34. The number of benzene rings is 1. The fraction of sp³-hybridized carbons (Fsp3) is 0.350. The first-order valence-corrected chi connectivity index (χ1v) is 9.21. The number of carbonyl (C=O) groups excluding carboxylic acids is 2. The van der Waals surface area contributed by atoms with Crippen molar-refractivity contribution in [3.05, 3.63) is 54.0 Å². The van der Waals surface area contributed by atoms with E-state index in [0.29, 0.717) is 49.9 Å². The van der Waals surface area contributed by atoms with Crippen molar-refractivity contribution in [2.75, 3.05) is 44.6 Å². The number of nitrogens with one attached hydrogen (secondary N) is 1. The summed E-state index contributed by atoms with van der Waals surface area (Å²) in [5.74, 6) is -0.393. The molecule has 1 aliphatic rings. The summed E-state index contributed by atoms with van der Waals surface area (Å²) in [6, 6.07) is 9.21. The zero-order chi connectivity index (χ0) is 19.9. The van der Waals surface area contributed by atoms with Gasteiger partial charge in [-0.25, -0.2) is 9.37 Å². The van der Waals surface area contributed by atoms with Crippen LogP contribution in [0, 0.1) is 5.82 Å². The van der Waals surface area contributed by atoms with Crippen molar-refractivity contribution in [3.8, 4) is 5.88 Å². The van der Waals surface area contributed by atoms with Crippen LogP contribution in [0.2, 0.25) is 0 Å². The molecule has 0 atom stereocenters. The van der Waals surface area contributed by atoms with Crippen molar-refractivity contribution >= 4 is 17.5 Å². The molecule has 0 aliphatic carbocycles. The third-order valence-electron chi connectivity index (χ3n) is 4.42. The molecule has 148 valence electrons. The molecule has 2 heterocycles. The summed E-state index contributed by atoms with van der Waals surface area (Å²) < 4.78 is 18.6. The minimum atomic E-state index is -0.397. The van der Waals surface area contributed by atoms with Gasteiger partial charge in [-0.2, -0.15) is 0 Å². The minimum absolute atomic E-state index is 0.125. The van der Waals surface area contributed by atoms with Crippen molar-refractivity contribution in [2.45, 2.75) is 6.92 Å². The number of pyridine rings is 1. The number of hydrogen-bond acceptors (Lipinski definition) is 5. The van der Waals surface area contributed by atoms with Gasteiger partial charge < -0.3 is 15.0 Å². The molecule has 2 amide bonds. The van der Waals surface area contributed by atoms with E-state index in [1.165, 1.54) is 12.1 Å². The van der Waals surface area contributed by atoms with Crippen molar-refractivity contribution < 1.29 is 18.7 Å². The first-order chi connectivity index (χ1) is 13.6. The number of nitrogens with zero attached hydrogens (tertiary/aromatic N) is 3. The second-order valence-corrected chi connectivity index (χ2v) is 6.42. The maximum absolute atomic E-state index is 13.2. The Balaban J connectivity index is 1.51. The topological polar surface area (TPSA) is 74.8 Å². The van der Waals surface area contributed by atoms with Gasteiger partial charge in [0.1, 0.15) is 11.4 Å². The molecule has 1 aromatic heterocycles. The number of hydrogen-bond donors (Lipinski definition) is 1. The summed E-state index contributed by atoms with van der Waals surface area (Å²) in [5, 5.41) is 2.69. The molecule has 0 bridgehead atoms. The Bertz CT molecular complexity index is 838. The molecular formula is C20H23FN4O3. The first-order valence-electron chi connectivity index (χ1n) is 9.21. The van der Waals surface area contributed by atoms with Gasteiger partial charge in [0.2, 0.25) is 11.8 Å². The number of halogens is 1. The van der Waals surface area contributed by atoms with Crippen LogP contribution >= 0.6 is 0 Å². The SMILES string of the molecule is CCOc1ncccc1C(=O)N1CCN(CC(=O)Nc2cccc(F)c2)CC1. The Kier molecular flexibility index (Phi) is 6.54. The molecule has 1 saturated heterocycles. The smallest absolute Gasteiger partial charge is 0.259 e. The Morgan fingerprint density at radius 2 is 1.96 bits per heavy atom. The summed E-state index contributed by atoms with van der Waals surface area (Å²) in [7, 11) is 0. The van der Waals surface area contributed by atoms with E-state index < -0.39 is 5.82 Å². The van der Waals surface area contributed by atoms with Gasteiger partial charge in [-0.3, -0.25) is 14.5 Å². The second kappa shape index (κ2) is 9.27. The van der Waals surface area contributed by atoms with Gasteiger partial charge in [0.05, 0.1) is 13.2 Å². The Morgan fingerprint density at radius 3 is 2.68 bits per heavy atom. The summed E-state index contributed by atoms with van der Waals surface area (Å²) in [6.07, 6.45) is 1.59. The lowest BCUT2D eigenvalue weighted by molar-refractivity contribution is -0.117. The van der Waals surface area contributed by atoms with Crippen molar-refractivity contribution in [1.29, 1.82) is 0 Å². The van der Waals surface area contributed by atoms with Crippen LogP contribution in [0.4, 0.5) is 10.1 Å². The fourth-order valence-electron chi connectivity index (χ4n) is 3.05. The minimum Gasteiger partial charge on any atom is -0.477 e. The monoisotopic (exact) mass is 386 g/mol. The van der Waals surface area contributed by atoms with Gasteiger partial charge in [0.25, 0.3) is 5.91 Å². The highest BCUT2D eigenvalue weighted by Gasteiger charge is 2.25. The van der Waals surface area contributed by atoms with E-state index in [1.807, 2.05) is 11.8 Å². The van der Waals surface area contributed by atoms with Gasteiger partial charge in [0.15, 0.2) is 0 Å². The highest BCUT2D eigenvalue weighted by Crippen LogP contribution is 2.18. The van der Waals surface area contributed by atoms with Crippen LogP contribution in [0.15, 0.2) is 42.6 Å². The molecule has 0 radical (unpaired) electrons. The van der Waals surface area contributed by atoms with Crippen LogP contribution in [0.1, 0.15) is 17.3 Å². The Hall–Kier alpha value is -3.00. The lowest BCUT2D eigenvalue weighted by Crippen LogP contribution is -2.50. The van der Waals surface area contributed by atoms with Crippen molar-refractivity contribution in [3.63, 3.8) is 0 Å². The molecule has 1 aliphatic heterocycles. The number of amides is 2. The zero-order valence-corrected chi connectivity index (χ0v) is 15.7. The molecule has 1 N–H and O–H groups in total. The van der Waals surface area contributed by atoms with Gasteiger partial charge >= 0.3 is 0 Å². The predicted molar refractivity (Wildman–Crippen MR) is 103 cm³/mol. The predicted octanol–water partition coefficient (Wildman–Crippen LogP) is 2.02. The normalized spacial score (nSPS) is 14.6. The van der Waals surface area contributed by atoms with Crippen LogP contribution in [0.3, 0.4) is 0 Å².